The van der Waals surface area contributed by atoms with E-state index in [0.717, 1.165) is 38.5 Å². The summed E-state index contributed by atoms with van der Waals surface area (Å²) in [4.78, 5) is 66.9. The fourth-order valence-electron chi connectivity index (χ4n) is 6.95. The topological polar surface area (TPSA) is 208 Å². The van der Waals surface area contributed by atoms with Crippen LogP contribution in [0, 0.1) is 0 Å². The van der Waals surface area contributed by atoms with Crippen molar-refractivity contribution in [3.05, 3.63) is 24.3 Å². The maximum atomic E-state index is 13.9. The molecule has 61 heavy (non-hydrogen) atoms. The molecule has 0 bridgehead atoms. The van der Waals surface area contributed by atoms with Gasteiger partial charge in [-0.1, -0.05) is 89.5 Å². The van der Waals surface area contributed by atoms with Crippen LogP contribution in [-0.4, -0.2) is 120 Å². The maximum Gasteiger partial charge on any atom is 0.236 e. The number of nitrogens with one attached hydrogen (secondary N) is 2. The zero-order valence-corrected chi connectivity index (χ0v) is 38.7. The average molecular weight is 863 g/mol. The first-order valence-corrected chi connectivity index (χ1v) is 24.2. The van der Waals surface area contributed by atoms with Gasteiger partial charge in [-0.3, -0.25) is 28.9 Å². The Labute approximate surface area is 370 Å². The van der Waals surface area contributed by atoms with Gasteiger partial charge >= 0.3 is 0 Å². The van der Waals surface area contributed by atoms with Crippen LogP contribution in [0.25, 0.3) is 0 Å². The number of unbranched alkanes of at least 4 members (excludes halogenated alkanes) is 14. The lowest BCUT2D eigenvalue weighted by atomic mass is 10.1. The standard InChI is InChI=1S/C48H90N6O7/c1-3-5-7-9-10-11-12-13-14-15-16-17-18-19-21-32-47(60)52-34-28-38-54(37-27-24-33-51-46(59)31-20-8-6-4-2)48(61)39-53(35-25-22-29-44(57)42(49)40-55)36-26-23-30-45(58)43(50)41-56/h6,8,13-14,42-43,55-56H,3-5,7,9-12,15-41,49-50H2,1-2H3,(H,51,59)(H,52,60)/b8-6-,14-13-/t42-,43-/m0/s1. The molecule has 0 aromatic rings. The van der Waals surface area contributed by atoms with Crippen molar-refractivity contribution in [2.24, 2.45) is 11.5 Å². The highest BCUT2D eigenvalue weighted by atomic mass is 16.3. The van der Waals surface area contributed by atoms with Gasteiger partial charge in [0.25, 0.3) is 0 Å². The summed E-state index contributed by atoms with van der Waals surface area (Å²) in [5.74, 6) is -0.372. The molecular formula is C48H90N6O7. The monoisotopic (exact) mass is 863 g/mol. The number of Topliss-reactive ketones (excluding diaryl/α,β-unsaturated/α-hetero) is 2. The molecule has 2 atom stereocenters. The number of rotatable bonds is 44. The number of aliphatic hydroxyl groups excluding tert-OH is 2. The average Bonchev–Trinajstić information content (AvgIpc) is 3.26. The molecule has 0 unspecified atom stereocenters. The number of amides is 3. The van der Waals surface area contributed by atoms with E-state index in [4.69, 9.17) is 11.5 Å². The molecule has 0 aliphatic rings. The third-order valence-corrected chi connectivity index (χ3v) is 10.9. The van der Waals surface area contributed by atoms with Crippen molar-refractivity contribution in [2.75, 3.05) is 59.0 Å². The van der Waals surface area contributed by atoms with E-state index in [1.165, 1.54) is 57.8 Å². The molecule has 8 N–H and O–H groups in total. The van der Waals surface area contributed by atoms with Crippen molar-refractivity contribution >= 4 is 29.3 Å². The maximum absolute atomic E-state index is 13.9. The molecule has 0 aliphatic carbocycles. The predicted molar refractivity (Wildman–Crippen MR) is 249 cm³/mol. The first-order valence-electron chi connectivity index (χ1n) is 24.2. The highest BCUT2D eigenvalue weighted by Crippen LogP contribution is 2.11. The number of allylic oxidation sites excluding steroid dienone is 4. The van der Waals surface area contributed by atoms with Gasteiger partial charge in [0, 0.05) is 51.9 Å². The van der Waals surface area contributed by atoms with Crippen molar-refractivity contribution < 1.29 is 34.2 Å². The molecule has 0 fully saturated rings. The number of nitrogens with two attached hydrogens (primary N) is 2. The Bertz CT molecular complexity index is 1150. The summed E-state index contributed by atoms with van der Waals surface area (Å²) in [6, 6.07) is -1.77. The summed E-state index contributed by atoms with van der Waals surface area (Å²) in [7, 11) is 0. The summed E-state index contributed by atoms with van der Waals surface area (Å²) < 4.78 is 0. The van der Waals surface area contributed by atoms with E-state index in [1.807, 2.05) is 15.9 Å². The SMILES string of the molecule is CC/C=C\CCC(=O)NCCCCN(CCCNC(=O)CCCCCCC/C=C\CCCCCCCC)C(=O)CN(CCCCC(=O)[C@@H](N)CO)CCCCC(=O)[C@@H](N)CO. The van der Waals surface area contributed by atoms with Crippen LogP contribution in [0.15, 0.2) is 24.3 Å². The van der Waals surface area contributed by atoms with Crippen molar-refractivity contribution in [3.63, 3.8) is 0 Å². The van der Waals surface area contributed by atoms with Crippen molar-refractivity contribution in [1.82, 2.24) is 20.4 Å². The van der Waals surface area contributed by atoms with Crippen LogP contribution in [0.3, 0.4) is 0 Å². The molecule has 0 saturated carbocycles. The zero-order chi connectivity index (χ0) is 45.2. The Morgan fingerprint density at radius 3 is 1.52 bits per heavy atom. The zero-order valence-electron chi connectivity index (χ0n) is 38.7. The first-order chi connectivity index (χ1) is 29.6. The van der Waals surface area contributed by atoms with E-state index >= 15 is 0 Å². The third-order valence-electron chi connectivity index (χ3n) is 10.9. The minimum atomic E-state index is -0.887. The molecule has 0 spiro atoms. The highest BCUT2D eigenvalue weighted by molar-refractivity contribution is 5.84. The Morgan fingerprint density at radius 2 is 0.967 bits per heavy atom. The van der Waals surface area contributed by atoms with Gasteiger partial charge in [0.15, 0.2) is 11.6 Å². The number of carbonyl (C=O) groups excluding carboxylic acids is 5. The molecule has 0 aliphatic heterocycles. The van der Waals surface area contributed by atoms with Crippen molar-refractivity contribution in [3.8, 4) is 0 Å². The van der Waals surface area contributed by atoms with Gasteiger partial charge in [-0.15, -0.1) is 0 Å². The molecule has 0 rings (SSSR count). The molecule has 3 amide bonds. The van der Waals surface area contributed by atoms with Crippen LogP contribution >= 0.6 is 0 Å². The van der Waals surface area contributed by atoms with Crippen LogP contribution in [0.4, 0.5) is 0 Å². The first kappa shape index (κ1) is 58.0. The second kappa shape index (κ2) is 42.3. The van der Waals surface area contributed by atoms with Crippen LogP contribution in [-0.2, 0) is 24.0 Å². The summed E-state index contributed by atoms with van der Waals surface area (Å²) in [5.41, 5.74) is 11.3. The Morgan fingerprint density at radius 1 is 0.508 bits per heavy atom. The van der Waals surface area contributed by atoms with Gasteiger partial charge < -0.3 is 37.2 Å². The highest BCUT2D eigenvalue weighted by Gasteiger charge is 2.19. The van der Waals surface area contributed by atoms with Crippen LogP contribution in [0.2, 0.25) is 0 Å². The van der Waals surface area contributed by atoms with Gasteiger partial charge in [-0.05, 0) is 103 Å². The Kier molecular flexibility index (Phi) is 40.3. The van der Waals surface area contributed by atoms with E-state index in [1.54, 1.807) is 0 Å². The summed E-state index contributed by atoms with van der Waals surface area (Å²) in [6.07, 6.45) is 32.1. The minimum absolute atomic E-state index is 0.0157. The molecule has 13 nitrogen and oxygen atoms in total. The lowest BCUT2D eigenvalue weighted by molar-refractivity contribution is -0.133. The van der Waals surface area contributed by atoms with E-state index in [0.29, 0.717) is 97.1 Å². The van der Waals surface area contributed by atoms with E-state index in [-0.39, 0.29) is 48.7 Å². The molecule has 0 aromatic carbocycles. The summed E-state index contributed by atoms with van der Waals surface area (Å²) in [5, 5.41) is 24.4. The van der Waals surface area contributed by atoms with Crippen LogP contribution < -0.4 is 22.1 Å². The minimum Gasteiger partial charge on any atom is -0.394 e. The van der Waals surface area contributed by atoms with Gasteiger partial charge in [-0.2, -0.15) is 0 Å². The molecular weight excluding hydrogens is 773 g/mol. The Hall–Kier alpha value is -2.97. The number of hydrogen-bond donors (Lipinski definition) is 6. The quantitative estimate of drug-likeness (QED) is 0.0293. The lowest BCUT2D eigenvalue weighted by Crippen LogP contribution is -2.43. The molecule has 13 heteroatoms. The molecule has 354 valence electrons. The number of aliphatic hydroxyl groups is 2. The van der Waals surface area contributed by atoms with Crippen molar-refractivity contribution in [2.45, 2.75) is 193 Å². The number of carbonyl (C=O) groups is 5. The summed E-state index contributed by atoms with van der Waals surface area (Å²) in [6.45, 7) is 6.85. The van der Waals surface area contributed by atoms with Crippen LogP contribution in [0.5, 0.6) is 0 Å². The van der Waals surface area contributed by atoms with E-state index < -0.39 is 25.3 Å². The number of hydrogen-bond acceptors (Lipinski definition) is 10. The largest absolute Gasteiger partial charge is 0.394 e. The van der Waals surface area contributed by atoms with Gasteiger partial charge in [-0.25, -0.2) is 0 Å². The number of nitrogens with zero attached hydrogens (tertiary/aromatic N) is 2. The number of ketones is 2. The second-order valence-corrected chi connectivity index (χ2v) is 16.6. The smallest absolute Gasteiger partial charge is 0.236 e. The lowest BCUT2D eigenvalue weighted by Gasteiger charge is -2.28. The fraction of sp³-hybridized carbons (Fsp3) is 0.812. The third kappa shape index (κ3) is 36.2. The van der Waals surface area contributed by atoms with E-state index in [2.05, 4.69) is 42.7 Å². The normalized spacial score (nSPS) is 12.6. The van der Waals surface area contributed by atoms with Gasteiger partial charge in [0.05, 0.1) is 31.8 Å². The predicted octanol–water partition coefficient (Wildman–Crippen LogP) is 6.42. The summed E-state index contributed by atoms with van der Waals surface area (Å²) >= 11 is 0. The fourth-order valence-corrected chi connectivity index (χ4v) is 6.95. The Balaban J connectivity index is 5.01. The van der Waals surface area contributed by atoms with Crippen LogP contribution in [0.1, 0.15) is 181 Å². The van der Waals surface area contributed by atoms with E-state index in [9.17, 15) is 34.2 Å². The molecule has 0 saturated heterocycles. The molecule has 0 radical (unpaired) electrons. The van der Waals surface area contributed by atoms with Gasteiger partial charge in [0.1, 0.15) is 0 Å². The molecule has 0 heterocycles. The van der Waals surface area contributed by atoms with Gasteiger partial charge in [0.2, 0.25) is 17.7 Å². The van der Waals surface area contributed by atoms with Crippen molar-refractivity contribution in [1.29, 1.82) is 0 Å². The molecule has 0 aromatic heterocycles. The second-order valence-electron chi connectivity index (χ2n) is 16.6.